The molecule has 2 saturated carbocycles. The summed E-state index contributed by atoms with van der Waals surface area (Å²) in [6, 6.07) is 0.397. The van der Waals surface area contributed by atoms with Crippen molar-refractivity contribution >= 4 is 13.2 Å². The van der Waals surface area contributed by atoms with Gasteiger partial charge < -0.3 is 10.3 Å². The summed E-state index contributed by atoms with van der Waals surface area (Å²) in [6.45, 7) is 3.41. The van der Waals surface area contributed by atoms with E-state index < -0.39 is 0 Å². The van der Waals surface area contributed by atoms with Crippen molar-refractivity contribution in [2.24, 2.45) is 5.84 Å². The van der Waals surface area contributed by atoms with Gasteiger partial charge in [0.2, 0.25) is 5.91 Å². The lowest BCUT2D eigenvalue weighted by atomic mass is 9.49. The number of nitrogens with one attached hydrogen (secondary N) is 1. The van der Waals surface area contributed by atoms with Crippen LogP contribution in [0.4, 0.5) is 0 Å². The van der Waals surface area contributed by atoms with Crippen LogP contribution in [0, 0.1) is 0 Å². The quantitative estimate of drug-likeness (QED) is 0.437. The summed E-state index contributed by atoms with van der Waals surface area (Å²) >= 11 is 0. The monoisotopic (exact) mass is 346 g/mol. The van der Waals surface area contributed by atoms with Crippen molar-refractivity contribution in [2.75, 3.05) is 0 Å². The van der Waals surface area contributed by atoms with Crippen molar-refractivity contribution < 1.29 is 4.79 Å². The second kappa shape index (κ2) is 10.9. The maximum absolute atomic E-state index is 11.1. The Balaban J connectivity index is 1.73. The third kappa shape index (κ3) is 7.85. The first-order valence-electron chi connectivity index (χ1n) is 10.4. The fraction of sp³-hybridized carbons (Fsp3) is 0.850. The van der Waals surface area contributed by atoms with Crippen LogP contribution in [0.15, 0.2) is 11.9 Å². The minimum atomic E-state index is -0.0459. The number of carbonyl (C=O) groups is 1. The second-order valence-corrected chi connectivity index (χ2v) is 8.16. The smallest absolute Gasteiger partial charge is 0.221 e. The minimum absolute atomic E-state index is 0.0459. The molecule has 0 unspecified atom stereocenters. The maximum atomic E-state index is 11.1. The Morgan fingerprint density at radius 1 is 0.920 bits per heavy atom. The van der Waals surface area contributed by atoms with E-state index in [4.69, 9.17) is 5.84 Å². The number of nitrogens with two attached hydrogens (primary N) is 1. The van der Waals surface area contributed by atoms with Crippen LogP contribution in [0.1, 0.15) is 90.9 Å². The average molecular weight is 346 g/mol. The highest BCUT2D eigenvalue weighted by Gasteiger charge is 2.26. The molecule has 2 aliphatic carbocycles. The zero-order valence-electron chi connectivity index (χ0n) is 16.3. The van der Waals surface area contributed by atoms with Gasteiger partial charge in [0, 0.05) is 24.9 Å². The van der Waals surface area contributed by atoms with Crippen molar-refractivity contribution in [1.29, 1.82) is 0 Å². The molecular formula is C20H37BN3O. The summed E-state index contributed by atoms with van der Waals surface area (Å²) in [7, 11) is 2.70. The Kier molecular flexibility index (Phi) is 8.87. The average Bonchev–Trinajstić information content (AvgIpc) is 2.68. The molecule has 4 nitrogen and oxygen atoms in total. The topological polar surface area (TPSA) is 58.4 Å². The highest BCUT2D eigenvalue weighted by Crippen LogP contribution is 2.36. The van der Waals surface area contributed by atoms with Crippen LogP contribution in [0.25, 0.3) is 0 Å². The van der Waals surface area contributed by atoms with Gasteiger partial charge in [-0.05, 0) is 19.8 Å². The number of allylic oxidation sites excluding steroid dienone is 1. The van der Waals surface area contributed by atoms with Crippen LogP contribution in [0.3, 0.4) is 0 Å². The molecule has 0 aromatic rings. The lowest BCUT2D eigenvalue weighted by Crippen LogP contribution is -2.40. The molecule has 0 bridgehead atoms. The predicted molar refractivity (Wildman–Crippen MR) is 106 cm³/mol. The molecule has 2 aliphatic rings. The van der Waals surface area contributed by atoms with Crippen LogP contribution in [-0.2, 0) is 4.79 Å². The number of hydrogen-bond donors (Lipinski definition) is 2. The number of hydrogen-bond acceptors (Lipinski definition) is 3. The molecule has 5 heteroatoms. The Morgan fingerprint density at radius 2 is 1.44 bits per heavy atom. The highest BCUT2D eigenvalue weighted by atomic mass is 16.1. The number of hydrazine groups is 1. The van der Waals surface area contributed by atoms with Gasteiger partial charge in [0.15, 0.2) is 0 Å². The zero-order chi connectivity index (χ0) is 18.1. The summed E-state index contributed by atoms with van der Waals surface area (Å²) in [6.07, 6.45) is 18.0. The third-order valence-corrected chi connectivity index (χ3v) is 5.82. The molecular weight excluding hydrogens is 309 g/mol. The number of amides is 1. The van der Waals surface area contributed by atoms with Gasteiger partial charge in [-0.1, -0.05) is 75.8 Å². The molecule has 141 valence electrons. The van der Waals surface area contributed by atoms with Gasteiger partial charge in [-0.3, -0.25) is 4.79 Å². The largest absolute Gasteiger partial charge is 0.329 e. The van der Waals surface area contributed by atoms with E-state index in [1.54, 1.807) is 0 Å². The van der Waals surface area contributed by atoms with Gasteiger partial charge >= 0.3 is 0 Å². The Hall–Kier alpha value is -0.965. The van der Waals surface area contributed by atoms with E-state index in [1.807, 2.05) is 18.1 Å². The Morgan fingerprint density at radius 3 is 2.00 bits per heavy atom. The number of carbonyl (C=O) groups excluding carboxylic acids is 1. The van der Waals surface area contributed by atoms with Gasteiger partial charge in [-0.15, -0.1) is 0 Å². The summed E-state index contributed by atoms with van der Waals surface area (Å²) < 4.78 is 0. The van der Waals surface area contributed by atoms with Gasteiger partial charge in [-0.25, -0.2) is 5.84 Å². The van der Waals surface area contributed by atoms with Crippen molar-refractivity contribution in [3.8, 4) is 0 Å². The first kappa shape index (κ1) is 20.3. The molecule has 0 saturated heterocycles. The third-order valence-electron chi connectivity index (χ3n) is 5.82. The summed E-state index contributed by atoms with van der Waals surface area (Å²) in [5.41, 5.74) is 0.814. The van der Waals surface area contributed by atoms with Gasteiger partial charge in [-0.2, -0.15) is 0 Å². The number of rotatable bonds is 5. The molecule has 1 amide bonds. The van der Waals surface area contributed by atoms with Crippen molar-refractivity contribution in [3.63, 3.8) is 0 Å². The zero-order valence-corrected chi connectivity index (χ0v) is 16.3. The van der Waals surface area contributed by atoms with E-state index in [-0.39, 0.29) is 5.91 Å². The molecule has 25 heavy (non-hydrogen) atoms. The summed E-state index contributed by atoms with van der Waals surface area (Å²) in [4.78, 5) is 11.1. The Bertz CT molecular complexity index is 423. The minimum Gasteiger partial charge on any atom is -0.329 e. The summed E-state index contributed by atoms with van der Waals surface area (Å²) in [5.74, 6) is 7.78. The van der Waals surface area contributed by atoms with Crippen LogP contribution in [0.2, 0.25) is 11.6 Å². The van der Waals surface area contributed by atoms with Crippen molar-refractivity contribution in [1.82, 2.24) is 10.3 Å². The molecule has 1 radical (unpaired) electrons. The van der Waals surface area contributed by atoms with E-state index in [0.717, 1.165) is 30.2 Å². The fourth-order valence-corrected chi connectivity index (χ4v) is 4.47. The first-order valence-corrected chi connectivity index (χ1v) is 10.4. The van der Waals surface area contributed by atoms with Crippen LogP contribution in [0.5, 0.6) is 0 Å². The molecule has 2 fully saturated rings. The molecule has 0 atom stereocenters. The second-order valence-electron chi connectivity index (χ2n) is 8.16. The van der Waals surface area contributed by atoms with E-state index in [0.29, 0.717) is 6.04 Å². The molecule has 0 aromatic carbocycles. The fourth-order valence-electron chi connectivity index (χ4n) is 4.47. The molecule has 0 spiro atoms. The number of nitrogens with zero attached hydrogens (tertiary/aromatic N) is 1. The van der Waals surface area contributed by atoms with Gasteiger partial charge in [0.25, 0.3) is 0 Å². The first-order chi connectivity index (χ1) is 12.0. The SMILES string of the molecule is CC(=O)N/C(C)=C/N(N)C1CCC([B]C2CCCCCCCC2)CC1. The van der Waals surface area contributed by atoms with Crippen molar-refractivity contribution in [2.45, 2.75) is 109 Å². The Labute approximate surface area is 155 Å². The van der Waals surface area contributed by atoms with Gasteiger partial charge in [0.05, 0.1) is 0 Å². The molecule has 3 N–H and O–H groups in total. The molecule has 0 aliphatic heterocycles. The van der Waals surface area contributed by atoms with Crippen LogP contribution < -0.4 is 11.2 Å². The van der Waals surface area contributed by atoms with E-state index in [2.05, 4.69) is 12.6 Å². The summed E-state index contributed by atoms with van der Waals surface area (Å²) in [5, 5.41) is 4.59. The van der Waals surface area contributed by atoms with Gasteiger partial charge in [0.1, 0.15) is 7.28 Å². The van der Waals surface area contributed by atoms with Crippen molar-refractivity contribution in [3.05, 3.63) is 11.9 Å². The molecule has 2 rings (SSSR count). The predicted octanol–water partition coefficient (Wildman–Crippen LogP) is 4.52. The van der Waals surface area contributed by atoms with E-state index >= 15 is 0 Å². The van der Waals surface area contributed by atoms with Crippen LogP contribution in [-0.4, -0.2) is 24.2 Å². The molecule has 0 aromatic heterocycles. The van der Waals surface area contributed by atoms with E-state index in [1.165, 1.54) is 71.1 Å². The lowest BCUT2D eigenvalue weighted by molar-refractivity contribution is -0.118. The van der Waals surface area contributed by atoms with Crippen LogP contribution >= 0.6 is 0 Å². The normalized spacial score (nSPS) is 26.9. The molecule has 0 heterocycles. The standard InChI is InChI=1S/C20H37BN3O/c1-16(23-17(2)25)15-24(22)20-13-11-19(12-14-20)21-18-9-7-5-3-4-6-8-10-18/h15,18-20H,3-14,22H2,1-2H3,(H,23,25)/b16-15+. The lowest BCUT2D eigenvalue weighted by Gasteiger charge is -2.35. The van der Waals surface area contributed by atoms with E-state index in [9.17, 15) is 4.79 Å². The maximum Gasteiger partial charge on any atom is 0.221 e. The highest BCUT2D eigenvalue weighted by molar-refractivity contribution is 6.39.